The Bertz CT molecular complexity index is 567. The second-order valence-corrected chi connectivity index (χ2v) is 4.73. The fraction of sp³-hybridized carbons (Fsp3) is 0.308. The SMILES string of the molecule is CNc1nc2c(F)cc(Cl)cc2cc1C(C)C. The van der Waals surface area contributed by atoms with Crippen LogP contribution in [0.3, 0.4) is 0 Å². The minimum absolute atomic E-state index is 0.316. The Balaban J connectivity index is 2.78. The molecule has 0 spiro atoms. The van der Waals surface area contributed by atoms with E-state index in [1.165, 1.54) is 6.07 Å². The molecule has 90 valence electrons. The Morgan fingerprint density at radius 2 is 2.00 bits per heavy atom. The van der Waals surface area contributed by atoms with E-state index in [9.17, 15) is 4.39 Å². The van der Waals surface area contributed by atoms with E-state index in [2.05, 4.69) is 24.1 Å². The van der Waals surface area contributed by atoms with Crippen LogP contribution in [0.2, 0.25) is 5.02 Å². The molecule has 0 amide bonds. The Morgan fingerprint density at radius 1 is 1.29 bits per heavy atom. The monoisotopic (exact) mass is 252 g/mol. The Kier molecular flexibility index (Phi) is 3.20. The summed E-state index contributed by atoms with van der Waals surface area (Å²) in [4.78, 5) is 4.31. The highest BCUT2D eigenvalue weighted by Gasteiger charge is 2.12. The van der Waals surface area contributed by atoms with Crippen LogP contribution < -0.4 is 5.32 Å². The summed E-state index contributed by atoms with van der Waals surface area (Å²) in [6, 6.07) is 4.96. The van der Waals surface area contributed by atoms with Gasteiger partial charge in [0, 0.05) is 17.5 Å². The summed E-state index contributed by atoms with van der Waals surface area (Å²) in [6.45, 7) is 4.15. The second kappa shape index (κ2) is 4.49. The summed E-state index contributed by atoms with van der Waals surface area (Å²) < 4.78 is 13.7. The summed E-state index contributed by atoms with van der Waals surface area (Å²) in [7, 11) is 1.79. The van der Waals surface area contributed by atoms with Crippen LogP contribution in [-0.4, -0.2) is 12.0 Å². The van der Waals surface area contributed by atoms with Crippen molar-refractivity contribution in [2.75, 3.05) is 12.4 Å². The molecule has 0 saturated carbocycles. The van der Waals surface area contributed by atoms with Gasteiger partial charge in [-0.2, -0.15) is 0 Å². The Hall–Kier alpha value is -1.35. The molecule has 1 aromatic heterocycles. The first-order valence-electron chi connectivity index (χ1n) is 5.50. The maximum absolute atomic E-state index is 13.7. The van der Waals surface area contributed by atoms with Crippen LogP contribution in [0.15, 0.2) is 18.2 Å². The molecule has 1 heterocycles. The van der Waals surface area contributed by atoms with Crippen molar-refractivity contribution in [2.45, 2.75) is 19.8 Å². The van der Waals surface area contributed by atoms with E-state index in [0.29, 0.717) is 22.3 Å². The number of hydrogen-bond donors (Lipinski definition) is 1. The van der Waals surface area contributed by atoms with Crippen LogP contribution in [0.1, 0.15) is 25.3 Å². The number of hydrogen-bond acceptors (Lipinski definition) is 2. The number of aromatic nitrogens is 1. The summed E-state index contributed by atoms with van der Waals surface area (Å²) >= 11 is 5.85. The van der Waals surface area contributed by atoms with Gasteiger partial charge in [-0.25, -0.2) is 9.37 Å². The van der Waals surface area contributed by atoms with Crippen LogP contribution in [-0.2, 0) is 0 Å². The van der Waals surface area contributed by atoms with Crippen LogP contribution in [0.5, 0.6) is 0 Å². The topological polar surface area (TPSA) is 24.9 Å². The molecule has 0 fully saturated rings. The van der Waals surface area contributed by atoms with Crippen molar-refractivity contribution in [3.63, 3.8) is 0 Å². The largest absolute Gasteiger partial charge is 0.373 e. The fourth-order valence-corrected chi connectivity index (χ4v) is 2.08. The third kappa shape index (κ3) is 2.20. The number of anilines is 1. The zero-order chi connectivity index (χ0) is 12.6. The van der Waals surface area contributed by atoms with Crippen molar-refractivity contribution < 1.29 is 4.39 Å². The number of benzene rings is 1. The molecule has 1 N–H and O–H groups in total. The number of pyridine rings is 1. The number of fused-ring (bicyclic) bond motifs is 1. The number of nitrogens with zero attached hydrogens (tertiary/aromatic N) is 1. The van der Waals surface area contributed by atoms with Crippen LogP contribution in [0.4, 0.5) is 10.2 Å². The van der Waals surface area contributed by atoms with Gasteiger partial charge in [-0.05, 0) is 29.7 Å². The molecule has 0 aliphatic rings. The molecular weight excluding hydrogens is 239 g/mol. The molecule has 0 bridgehead atoms. The average Bonchev–Trinajstić information content (AvgIpc) is 2.27. The van der Waals surface area contributed by atoms with Crippen molar-refractivity contribution in [2.24, 2.45) is 0 Å². The number of nitrogens with one attached hydrogen (secondary N) is 1. The van der Waals surface area contributed by atoms with Gasteiger partial charge in [0.1, 0.15) is 11.3 Å². The van der Waals surface area contributed by atoms with E-state index < -0.39 is 0 Å². The predicted molar refractivity (Wildman–Crippen MR) is 70.3 cm³/mol. The molecule has 0 saturated heterocycles. The smallest absolute Gasteiger partial charge is 0.150 e. The van der Waals surface area contributed by atoms with Crippen molar-refractivity contribution in [3.05, 3.63) is 34.6 Å². The number of rotatable bonds is 2. The van der Waals surface area contributed by atoms with Gasteiger partial charge in [0.25, 0.3) is 0 Å². The quantitative estimate of drug-likeness (QED) is 0.867. The lowest BCUT2D eigenvalue weighted by atomic mass is 10.0. The lowest BCUT2D eigenvalue weighted by Gasteiger charge is -2.13. The lowest BCUT2D eigenvalue weighted by molar-refractivity contribution is 0.637. The first kappa shape index (κ1) is 12.1. The maximum Gasteiger partial charge on any atom is 0.150 e. The molecule has 1 aromatic carbocycles. The van der Waals surface area contributed by atoms with Gasteiger partial charge in [0.15, 0.2) is 5.82 Å². The maximum atomic E-state index is 13.7. The van der Waals surface area contributed by atoms with Crippen LogP contribution >= 0.6 is 11.6 Å². The van der Waals surface area contributed by atoms with Crippen molar-refractivity contribution >= 4 is 28.3 Å². The van der Waals surface area contributed by atoms with E-state index in [4.69, 9.17) is 11.6 Å². The van der Waals surface area contributed by atoms with E-state index in [0.717, 1.165) is 10.9 Å². The highest BCUT2D eigenvalue weighted by Crippen LogP contribution is 2.29. The third-order valence-corrected chi connectivity index (χ3v) is 2.94. The molecule has 0 aliphatic carbocycles. The highest BCUT2D eigenvalue weighted by molar-refractivity contribution is 6.31. The Labute approximate surface area is 105 Å². The zero-order valence-electron chi connectivity index (χ0n) is 10.0. The molecule has 17 heavy (non-hydrogen) atoms. The second-order valence-electron chi connectivity index (χ2n) is 4.29. The van der Waals surface area contributed by atoms with Gasteiger partial charge in [0.2, 0.25) is 0 Å². The zero-order valence-corrected chi connectivity index (χ0v) is 10.8. The first-order valence-corrected chi connectivity index (χ1v) is 5.88. The van der Waals surface area contributed by atoms with Crippen LogP contribution in [0, 0.1) is 5.82 Å². The van der Waals surface area contributed by atoms with Gasteiger partial charge in [-0.1, -0.05) is 25.4 Å². The lowest BCUT2D eigenvalue weighted by Crippen LogP contribution is -2.01. The molecule has 0 radical (unpaired) electrons. The molecule has 4 heteroatoms. The number of halogens is 2. The third-order valence-electron chi connectivity index (χ3n) is 2.72. The minimum atomic E-state index is -0.390. The summed E-state index contributed by atoms with van der Waals surface area (Å²) in [5, 5.41) is 4.13. The molecule has 0 aliphatic heterocycles. The summed E-state index contributed by atoms with van der Waals surface area (Å²) in [5.74, 6) is 0.643. The van der Waals surface area contributed by atoms with Crippen molar-refractivity contribution in [1.29, 1.82) is 0 Å². The van der Waals surface area contributed by atoms with Crippen molar-refractivity contribution in [1.82, 2.24) is 4.98 Å². The minimum Gasteiger partial charge on any atom is -0.373 e. The molecule has 2 rings (SSSR count). The molecule has 0 unspecified atom stereocenters. The molecule has 2 nitrogen and oxygen atoms in total. The predicted octanol–water partition coefficient (Wildman–Crippen LogP) is 4.19. The van der Waals surface area contributed by atoms with E-state index in [1.807, 2.05) is 6.07 Å². The van der Waals surface area contributed by atoms with Crippen LogP contribution in [0.25, 0.3) is 10.9 Å². The fourth-order valence-electron chi connectivity index (χ4n) is 1.87. The highest BCUT2D eigenvalue weighted by atomic mass is 35.5. The summed E-state index contributed by atoms with van der Waals surface area (Å²) in [5.41, 5.74) is 1.41. The summed E-state index contributed by atoms with van der Waals surface area (Å²) in [6.07, 6.45) is 0. The molecule has 2 aromatic rings. The Morgan fingerprint density at radius 3 is 2.59 bits per heavy atom. The standard InChI is InChI=1S/C13H14ClFN2/c1-7(2)10-5-8-4-9(14)6-11(15)12(8)17-13(10)16-3/h4-7H,1-3H3,(H,16,17). The van der Waals surface area contributed by atoms with E-state index >= 15 is 0 Å². The average molecular weight is 253 g/mol. The van der Waals surface area contributed by atoms with Crippen molar-refractivity contribution in [3.8, 4) is 0 Å². The van der Waals surface area contributed by atoms with Gasteiger partial charge >= 0.3 is 0 Å². The van der Waals surface area contributed by atoms with Gasteiger partial charge in [-0.15, -0.1) is 0 Å². The normalized spacial score (nSPS) is 11.2. The first-order chi connectivity index (χ1) is 8.02. The van der Waals surface area contributed by atoms with Gasteiger partial charge in [-0.3, -0.25) is 0 Å². The van der Waals surface area contributed by atoms with E-state index in [1.54, 1.807) is 13.1 Å². The molecule has 0 atom stereocenters. The molecular formula is C13H14ClFN2. The van der Waals surface area contributed by atoms with Gasteiger partial charge < -0.3 is 5.32 Å². The van der Waals surface area contributed by atoms with Gasteiger partial charge in [0.05, 0.1) is 0 Å². The van der Waals surface area contributed by atoms with E-state index in [-0.39, 0.29) is 5.82 Å².